The quantitative estimate of drug-likeness (QED) is 0.767. The first-order valence-corrected chi connectivity index (χ1v) is 8.29. The molecule has 1 aliphatic rings. The van der Waals surface area contributed by atoms with Crippen LogP contribution in [0.2, 0.25) is 10.0 Å². The Morgan fingerprint density at radius 1 is 1.10 bits per heavy atom. The zero-order chi connectivity index (χ0) is 14.8. The van der Waals surface area contributed by atoms with E-state index in [1.807, 2.05) is 12.1 Å². The van der Waals surface area contributed by atoms with Gasteiger partial charge in [0, 0.05) is 27.5 Å². The normalized spacial score (nSPS) is 19.1. The maximum Gasteiger partial charge on any atom is 0.0458 e. The van der Waals surface area contributed by atoms with Crippen molar-refractivity contribution in [2.45, 2.75) is 63.8 Å². The summed E-state index contributed by atoms with van der Waals surface area (Å²) in [5, 5.41) is 5.21. The number of nitrogens with one attached hydrogen (secondary N) is 1. The molecule has 0 amide bonds. The molecule has 0 atom stereocenters. The van der Waals surface area contributed by atoms with Crippen molar-refractivity contribution < 1.29 is 0 Å². The van der Waals surface area contributed by atoms with Gasteiger partial charge in [0.05, 0.1) is 0 Å². The number of halogens is 2. The second-order valence-electron chi connectivity index (χ2n) is 7.07. The molecule has 1 fully saturated rings. The molecular formula is C17H25Cl2N. The van der Waals surface area contributed by atoms with E-state index in [1.165, 1.54) is 37.7 Å². The summed E-state index contributed by atoms with van der Waals surface area (Å²) >= 11 is 12.5. The van der Waals surface area contributed by atoms with E-state index < -0.39 is 0 Å². The molecule has 2 rings (SSSR count). The van der Waals surface area contributed by atoms with Gasteiger partial charge in [-0.25, -0.2) is 0 Å². The Balaban J connectivity index is 2.30. The molecule has 0 heterocycles. The Labute approximate surface area is 133 Å². The van der Waals surface area contributed by atoms with Crippen LogP contribution in [0.1, 0.15) is 58.4 Å². The molecule has 0 spiro atoms. The van der Waals surface area contributed by atoms with Gasteiger partial charge in [0.1, 0.15) is 0 Å². The van der Waals surface area contributed by atoms with Gasteiger partial charge in [0.25, 0.3) is 0 Å². The van der Waals surface area contributed by atoms with E-state index in [-0.39, 0.29) is 11.0 Å². The van der Waals surface area contributed by atoms with Crippen molar-refractivity contribution in [3.8, 4) is 0 Å². The van der Waals surface area contributed by atoms with Gasteiger partial charge in [-0.15, -0.1) is 0 Å². The number of rotatable bonds is 3. The van der Waals surface area contributed by atoms with E-state index in [2.05, 4.69) is 32.2 Å². The van der Waals surface area contributed by atoms with Crippen LogP contribution in [0, 0.1) is 0 Å². The van der Waals surface area contributed by atoms with Crippen LogP contribution >= 0.6 is 23.2 Å². The first kappa shape index (κ1) is 16.1. The van der Waals surface area contributed by atoms with Crippen LogP contribution in [-0.2, 0) is 5.41 Å². The summed E-state index contributed by atoms with van der Waals surface area (Å²) in [5.74, 6) is 0. The SMILES string of the molecule is CC(C)(C)NCC1(c2ccc(Cl)cc2Cl)CCCCC1. The summed E-state index contributed by atoms with van der Waals surface area (Å²) in [4.78, 5) is 0. The van der Waals surface area contributed by atoms with Crippen LogP contribution < -0.4 is 5.32 Å². The average molecular weight is 314 g/mol. The summed E-state index contributed by atoms with van der Waals surface area (Å²) in [6.07, 6.45) is 6.31. The van der Waals surface area contributed by atoms with Crippen molar-refractivity contribution in [3.63, 3.8) is 0 Å². The van der Waals surface area contributed by atoms with E-state index in [4.69, 9.17) is 23.2 Å². The van der Waals surface area contributed by atoms with Gasteiger partial charge in [0.2, 0.25) is 0 Å². The molecule has 20 heavy (non-hydrogen) atoms. The highest BCUT2D eigenvalue weighted by atomic mass is 35.5. The Bertz CT molecular complexity index is 457. The standard InChI is InChI=1S/C17H25Cl2N/c1-16(2,3)20-12-17(9-5-4-6-10-17)14-8-7-13(18)11-15(14)19/h7-8,11,20H,4-6,9-10,12H2,1-3H3. The summed E-state index contributed by atoms with van der Waals surface area (Å²) in [5.41, 5.74) is 1.55. The highest BCUT2D eigenvalue weighted by Crippen LogP contribution is 2.42. The van der Waals surface area contributed by atoms with Gasteiger partial charge >= 0.3 is 0 Å². The maximum absolute atomic E-state index is 6.49. The second kappa shape index (κ2) is 6.25. The van der Waals surface area contributed by atoms with Gasteiger partial charge in [-0.1, -0.05) is 48.5 Å². The minimum atomic E-state index is 0.128. The lowest BCUT2D eigenvalue weighted by atomic mass is 9.69. The molecule has 112 valence electrons. The predicted molar refractivity (Wildman–Crippen MR) is 89.0 cm³/mol. The van der Waals surface area contributed by atoms with Crippen LogP contribution in [0.25, 0.3) is 0 Å². The first-order chi connectivity index (χ1) is 9.32. The van der Waals surface area contributed by atoms with Crippen molar-refractivity contribution in [2.75, 3.05) is 6.54 Å². The summed E-state index contributed by atoms with van der Waals surface area (Å²) in [6, 6.07) is 5.97. The molecule has 1 N–H and O–H groups in total. The third-order valence-electron chi connectivity index (χ3n) is 4.27. The lowest BCUT2D eigenvalue weighted by Crippen LogP contribution is -2.47. The lowest BCUT2D eigenvalue weighted by molar-refractivity contribution is 0.254. The highest BCUT2D eigenvalue weighted by Gasteiger charge is 2.36. The van der Waals surface area contributed by atoms with Crippen molar-refractivity contribution in [1.82, 2.24) is 5.32 Å². The van der Waals surface area contributed by atoms with Crippen molar-refractivity contribution in [3.05, 3.63) is 33.8 Å². The first-order valence-electron chi connectivity index (χ1n) is 7.53. The van der Waals surface area contributed by atoms with Gasteiger partial charge in [0.15, 0.2) is 0 Å². The molecule has 1 saturated carbocycles. The highest BCUT2D eigenvalue weighted by molar-refractivity contribution is 6.35. The van der Waals surface area contributed by atoms with Crippen molar-refractivity contribution in [2.24, 2.45) is 0 Å². The van der Waals surface area contributed by atoms with E-state index in [9.17, 15) is 0 Å². The number of hydrogen-bond acceptors (Lipinski definition) is 1. The van der Waals surface area contributed by atoms with Crippen LogP contribution in [0.5, 0.6) is 0 Å². The Hall–Kier alpha value is -0.240. The van der Waals surface area contributed by atoms with E-state index in [0.29, 0.717) is 5.02 Å². The van der Waals surface area contributed by atoms with Crippen LogP contribution in [0.3, 0.4) is 0 Å². The monoisotopic (exact) mass is 313 g/mol. The van der Waals surface area contributed by atoms with Crippen molar-refractivity contribution in [1.29, 1.82) is 0 Å². The third kappa shape index (κ3) is 3.90. The van der Waals surface area contributed by atoms with Gasteiger partial charge in [-0.2, -0.15) is 0 Å². The topological polar surface area (TPSA) is 12.0 Å². The fraction of sp³-hybridized carbons (Fsp3) is 0.647. The molecule has 0 saturated heterocycles. The Kier molecular flexibility index (Phi) is 5.05. The zero-order valence-corrected chi connectivity index (χ0v) is 14.2. The van der Waals surface area contributed by atoms with E-state index in [1.54, 1.807) is 0 Å². The average Bonchev–Trinajstić information content (AvgIpc) is 2.36. The molecule has 1 aromatic carbocycles. The van der Waals surface area contributed by atoms with Gasteiger partial charge in [-0.3, -0.25) is 0 Å². The molecule has 1 aliphatic carbocycles. The molecule has 0 radical (unpaired) electrons. The zero-order valence-electron chi connectivity index (χ0n) is 12.7. The lowest BCUT2D eigenvalue weighted by Gasteiger charge is -2.40. The van der Waals surface area contributed by atoms with Gasteiger partial charge < -0.3 is 5.32 Å². The molecule has 0 unspecified atom stereocenters. The minimum absolute atomic E-state index is 0.128. The molecule has 1 nitrogen and oxygen atoms in total. The third-order valence-corrected chi connectivity index (χ3v) is 4.82. The fourth-order valence-electron chi connectivity index (χ4n) is 3.12. The summed E-state index contributed by atoms with van der Waals surface area (Å²) in [7, 11) is 0. The summed E-state index contributed by atoms with van der Waals surface area (Å²) < 4.78 is 0. The van der Waals surface area contributed by atoms with Crippen LogP contribution in [-0.4, -0.2) is 12.1 Å². The summed E-state index contributed by atoms with van der Waals surface area (Å²) in [6.45, 7) is 7.63. The van der Waals surface area contributed by atoms with Crippen LogP contribution in [0.4, 0.5) is 0 Å². The van der Waals surface area contributed by atoms with Gasteiger partial charge in [-0.05, 0) is 51.3 Å². The number of benzene rings is 1. The smallest absolute Gasteiger partial charge is 0.0458 e. The molecule has 0 aromatic heterocycles. The Morgan fingerprint density at radius 3 is 2.30 bits per heavy atom. The molecule has 3 heteroatoms. The molecular weight excluding hydrogens is 289 g/mol. The fourth-order valence-corrected chi connectivity index (χ4v) is 3.73. The van der Waals surface area contributed by atoms with E-state index >= 15 is 0 Å². The van der Waals surface area contributed by atoms with Crippen LogP contribution in [0.15, 0.2) is 18.2 Å². The Morgan fingerprint density at radius 2 is 1.75 bits per heavy atom. The second-order valence-corrected chi connectivity index (χ2v) is 7.91. The molecule has 0 bridgehead atoms. The predicted octanol–water partition coefficient (Wildman–Crippen LogP) is 5.58. The van der Waals surface area contributed by atoms with E-state index in [0.717, 1.165) is 11.6 Å². The largest absolute Gasteiger partial charge is 0.311 e. The molecule has 1 aromatic rings. The minimum Gasteiger partial charge on any atom is -0.311 e. The van der Waals surface area contributed by atoms with Crippen molar-refractivity contribution >= 4 is 23.2 Å². The number of hydrogen-bond donors (Lipinski definition) is 1. The maximum atomic E-state index is 6.49. The molecule has 0 aliphatic heterocycles.